The van der Waals surface area contributed by atoms with E-state index in [-0.39, 0.29) is 0 Å². The fraction of sp³-hybridized carbons (Fsp3) is 0.333. The number of ether oxygens (including phenoxy) is 1. The lowest BCUT2D eigenvalue weighted by molar-refractivity contribution is 0.409. The highest BCUT2D eigenvalue weighted by Gasteiger charge is 2.00. The molecular weight excluding hydrogens is 245 g/mol. The third-order valence-electron chi connectivity index (χ3n) is 2.18. The third kappa shape index (κ3) is 4.44. The second kappa shape index (κ2) is 7.55. The van der Waals surface area contributed by atoms with E-state index in [2.05, 4.69) is 11.4 Å². The van der Waals surface area contributed by atoms with Crippen molar-refractivity contribution in [3.8, 4) is 5.75 Å². The molecule has 1 N–H and O–H groups in total. The molecular formula is C12H15Cl2NO. The number of halogens is 2. The van der Waals surface area contributed by atoms with Crippen LogP contribution >= 0.6 is 23.2 Å². The Labute approximate surface area is 106 Å². The molecule has 0 radical (unpaired) electrons. The largest absolute Gasteiger partial charge is 0.496 e. The zero-order chi connectivity index (χ0) is 11.8. The van der Waals surface area contributed by atoms with Crippen molar-refractivity contribution in [3.05, 3.63) is 40.4 Å². The lowest BCUT2D eigenvalue weighted by Crippen LogP contribution is -2.18. The maximum absolute atomic E-state index is 5.75. The average molecular weight is 260 g/mol. The molecule has 88 valence electrons. The molecule has 0 heterocycles. The van der Waals surface area contributed by atoms with Crippen LogP contribution in [-0.2, 0) is 6.42 Å². The smallest absolute Gasteiger partial charge is 0.122 e. The SMILES string of the molecule is COc1ccccc1CCNC/C(Cl)=C/Cl. The number of methoxy groups -OCH3 is 1. The molecule has 16 heavy (non-hydrogen) atoms. The van der Waals surface area contributed by atoms with Crippen LogP contribution in [0.25, 0.3) is 0 Å². The van der Waals surface area contributed by atoms with E-state index in [0.717, 1.165) is 18.7 Å². The van der Waals surface area contributed by atoms with Gasteiger partial charge in [-0.25, -0.2) is 0 Å². The molecule has 0 spiro atoms. The lowest BCUT2D eigenvalue weighted by atomic mass is 10.1. The summed E-state index contributed by atoms with van der Waals surface area (Å²) >= 11 is 11.2. The first-order valence-electron chi connectivity index (χ1n) is 5.05. The van der Waals surface area contributed by atoms with Gasteiger partial charge in [0.2, 0.25) is 0 Å². The number of hydrogen-bond donors (Lipinski definition) is 1. The minimum atomic E-state index is 0.597. The van der Waals surface area contributed by atoms with Gasteiger partial charge in [0, 0.05) is 17.1 Å². The first-order valence-corrected chi connectivity index (χ1v) is 5.86. The van der Waals surface area contributed by atoms with Gasteiger partial charge in [0.15, 0.2) is 0 Å². The molecule has 0 atom stereocenters. The fourth-order valence-corrected chi connectivity index (χ4v) is 1.55. The van der Waals surface area contributed by atoms with Crippen LogP contribution in [-0.4, -0.2) is 20.2 Å². The molecule has 0 aliphatic carbocycles. The predicted octanol–water partition coefficient (Wildman–Crippen LogP) is 3.15. The van der Waals surface area contributed by atoms with Gasteiger partial charge < -0.3 is 10.1 Å². The van der Waals surface area contributed by atoms with E-state index < -0.39 is 0 Å². The Hall–Kier alpha value is -0.700. The molecule has 0 aliphatic heterocycles. The number of benzene rings is 1. The molecule has 0 unspecified atom stereocenters. The highest BCUT2D eigenvalue weighted by Crippen LogP contribution is 2.17. The van der Waals surface area contributed by atoms with Crippen molar-refractivity contribution >= 4 is 23.2 Å². The lowest BCUT2D eigenvalue weighted by Gasteiger charge is -2.08. The topological polar surface area (TPSA) is 21.3 Å². The van der Waals surface area contributed by atoms with Crippen LogP contribution in [0, 0.1) is 0 Å². The molecule has 0 aromatic heterocycles. The number of nitrogens with one attached hydrogen (secondary N) is 1. The van der Waals surface area contributed by atoms with Crippen LogP contribution < -0.4 is 10.1 Å². The summed E-state index contributed by atoms with van der Waals surface area (Å²) < 4.78 is 5.26. The summed E-state index contributed by atoms with van der Waals surface area (Å²) in [6, 6.07) is 7.98. The summed E-state index contributed by atoms with van der Waals surface area (Å²) in [6.45, 7) is 1.43. The normalized spacial score (nSPS) is 11.6. The standard InChI is InChI=1S/C12H15Cl2NO/c1-16-12-5-3-2-4-10(12)6-7-15-9-11(14)8-13/h2-5,8,15H,6-7,9H2,1H3/b11-8-. The highest BCUT2D eigenvalue weighted by atomic mass is 35.5. The van der Waals surface area contributed by atoms with Crippen molar-refractivity contribution in [2.45, 2.75) is 6.42 Å². The zero-order valence-electron chi connectivity index (χ0n) is 9.17. The van der Waals surface area contributed by atoms with E-state index in [4.69, 9.17) is 27.9 Å². The molecule has 0 aliphatic rings. The Morgan fingerprint density at radius 2 is 2.19 bits per heavy atom. The van der Waals surface area contributed by atoms with Crippen molar-refractivity contribution in [2.24, 2.45) is 0 Å². The Kier molecular flexibility index (Phi) is 6.31. The molecule has 0 saturated heterocycles. The molecule has 4 heteroatoms. The van der Waals surface area contributed by atoms with Crippen LogP contribution in [0.2, 0.25) is 0 Å². The van der Waals surface area contributed by atoms with Crippen LogP contribution in [0.3, 0.4) is 0 Å². The van der Waals surface area contributed by atoms with Crippen LogP contribution in [0.5, 0.6) is 5.75 Å². The minimum Gasteiger partial charge on any atom is -0.496 e. The fourth-order valence-electron chi connectivity index (χ4n) is 1.38. The summed E-state index contributed by atoms with van der Waals surface area (Å²) in [5.74, 6) is 0.920. The Balaban J connectivity index is 2.37. The van der Waals surface area contributed by atoms with Crippen molar-refractivity contribution in [3.63, 3.8) is 0 Å². The Morgan fingerprint density at radius 1 is 1.44 bits per heavy atom. The van der Waals surface area contributed by atoms with Gasteiger partial charge in [-0.2, -0.15) is 0 Å². The molecule has 2 nitrogen and oxygen atoms in total. The maximum atomic E-state index is 5.75. The maximum Gasteiger partial charge on any atom is 0.122 e. The minimum absolute atomic E-state index is 0.597. The van der Waals surface area contributed by atoms with Gasteiger partial charge in [-0.1, -0.05) is 41.4 Å². The summed E-state index contributed by atoms with van der Waals surface area (Å²) in [4.78, 5) is 0. The van der Waals surface area contributed by atoms with Crippen LogP contribution in [0.4, 0.5) is 0 Å². The van der Waals surface area contributed by atoms with Crippen molar-refractivity contribution in [1.82, 2.24) is 5.32 Å². The number of rotatable bonds is 6. The molecule has 0 fully saturated rings. The van der Waals surface area contributed by atoms with Gasteiger partial charge in [-0.15, -0.1) is 0 Å². The van der Waals surface area contributed by atoms with Crippen LogP contribution in [0.15, 0.2) is 34.8 Å². The number of para-hydroxylation sites is 1. The van der Waals surface area contributed by atoms with E-state index in [1.54, 1.807) is 7.11 Å². The van der Waals surface area contributed by atoms with Gasteiger partial charge in [0.25, 0.3) is 0 Å². The first-order chi connectivity index (χ1) is 7.77. The van der Waals surface area contributed by atoms with E-state index in [0.29, 0.717) is 11.6 Å². The first kappa shape index (κ1) is 13.4. The number of hydrogen-bond acceptors (Lipinski definition) is 2. The van der Waals surface area contributed by atoms with Gasteiger partial charge in [0.1, 0.15) is 5.75 Å². The van der Waals surface area contributed by atoms with E-state index in [9.17, 15) is 0 Å². The summed E-state index contributed by atoms with van der Waals surface area (Å²) in [6.07, 6.45) is 0.899. The average Bonchev–Trinajstić information content (AvgIpc) is 2.34. The second-order valence-electron chi connectivity index (χ2n) is 3.29. The van der Waals surface area contributed by atoms with E-state index >= 15 is 0 Å². The van der Waals surface area contributed by atoms with Crippen molar-refractivity contribution < 1.29 is 4.74 Å². The third-order valence-corrected chi connectivity index (χ3v) is 2.79. The summed E-state index contributed by atoms with van der Waals surface area (Å²) in [7, 11) is 1.68. The van der Waals surface area contributed by atoms with Crippen molar-refractivity contribution in [1.29, 1.82) is 0 Å². The monoisotopic (exact) mass is 259 g/mol. The predicted molar refractivity (Wildman–Crippen MR) is 69.4 cm³/mol. The molecule has 0 amide bonds. The summed E-state index contributed by atoms with van der Waals surface area (Å²) in [5.41, 5.74) is 2.56. The Morgan fingerprint density at radius 3 is 2.88 bits per heavy atom. The Bertz CT molecular complexity index is 353. The summed E-state index contributed by atoms with van der Waals surface area (Å²) in [5, 5.41) is 3.81. The van der Waals surface area contributed by atoms with Gasteiger partial charge >= 0.3 is 0 Å². The molecule has 0 saturated carbocycles. The highest BCUT2D eigenvalue weighted by molar-refractivity contribution is 6.36. The molecule has 1 aromatic rings. The molecule has 1 rings (SSSR count). The molecule has 1 aromatic carbocycles. The van der Waals surface area contributed by atoms with Gasteiger partial charge in [0.05, 0.1) is 7.11 Å². The van der Waals surface area contributed by atoms with Crippen molar-refractivity contribution in [2.75, 3.05) is 20.2 Å². The van der Waals surface area contributed by atoms with E-state index in [1.807, 2.05) is 18.2 Å². The molecule has 0 bridgehead atoms. The van der Waals surface area contributed by atoms with Gasteiger partial charge in [-0.3, -0.25) is 0 Å². The quantitative estimate of drug-likeness (QED) is 0.793. The van der Waals surface area contributed by atoms with Gasteiger partial charge in [-0.05, 0) is 24.6 Å². The second-order valence-corrected chi connectivity index (χ2v) is 4.00. The van der Waals surface area contributed by atoms with Crippen LogP contribution in [0.1, 0.15) is 5.56 Å². The zero-order valence-corrected chi connectivity index (χ0v) is 10.7. The van der Waals surface area contributed by atoms with E-state index in [1.165, 1.54) is 11.1 Å².